The fourth-order valence-electron chi connectivity index (χ4n) is 5.74. The van der Waals surface area contributed by atoms with Crippen LogP contribution in [0.1, 0.15) is 60.8 Å². The first-order valence-electron chi connectivity index (χ1n) is 12.1. The standard InChI is InChI=1S/C25H32F2N4O3/c1-15-11-16(12-19(27)22(15)31-17-5-4-6-18(31)8-7-17)28-23(32)21-20(9-10-26)34-24(29-21)30-13-25(2,14-30)33-3/h11-12,17-18H,4-10,13-14H2,1-3H3,(H,28,32). The molecule has 0 spiro atoms. The number of rotatable bonds is 7. The first-order chi connectivity index (χ1) is 16.3. The van der Waals surface area contributed by atoms with E-state index in [0.717, 1.165) is 31.2 Å². The maximum Gasteiger partial charge on any atom is 0.298 e. The third kappa shape index (κ3) is 4.04. The van der Waals surface area contributed by atoms with Crippen LogP contribution in [-0.4, -0.2) is 55.4 Å². The van der Waals surface area contributed by atoms with Gasteiger partial charge in [0.15, 0.2) is 5.69 Å². The van der Waals surface area contributed by atoms with Gasteiger partial charge in [0.1, 0.15) is 17.2 Å². The highest BCUT2D eigenvalue weighted by Gasteiger charge is 2.42. The van der Waals surface area contributed by atoms with E-state index in [2.05, 4.69) is 15.2 Å². The molecule has 1 aromatic heterocycles. The summed E-state index contributed by atoms with van der Waals surface area (Å²) in [7, 11) is 1.64. The highest BCUT2D eigenvalue weighted by Crippen LogP contribution is 2.42. The van der Waals surface area contributed by atoms with Crippen LogP contribution in [0.15, 0.2) is 16.5 Å². The van der Waals surface area contributed by atoms with Gasteiger partial charge in [-0.2, -0.15) is 4.98 Å². The minimum absolute atomic E-state index is 0.0230. The molecule has 3 fully saturated rings. The lowest BCUT2D eigenvalue weighted by molar-refractivity contribution is -0.0191. The summed E-state index contributed by atoms with van der Waals surface area (Å²) >= 11 is 0. The van der Waals surface area contributed by atoms with Gasteiger partial charge in [0.2, 0.25) is 0 Å². The SMILES string of the molecule is COC1(C)CN(c2nc(C(=O)Nc3cc(C)c(N4C5CCCC4CC5)c(F)c3)c(CCF)o2)C1. The van der Waals surface area contributed by atoms with Crippen molar-refractivity contribution >= 4 is 23.3 Å². The van der Waals surface area contributed by atoms with Gasteiger partial charge in [-0.3, -0.25) is 9.18 Å². The van der Waals surface area contributed by atoms with E-state index in [1.165, 1.54) is 12.5 Å². The Bertz CT molecular complexity index is 1040. The number of carbonyl (C=O) groups is 1. The number of hydrogen-bond donors (Lipinski definition) is 1. The number of amides is 1. The topological polar surface area (TPSA) is 70.8 Å². The van der Waals surface area contributed by atoms with E-state index in [-0.39, 0.29) is 35.3 Å². The molecule has 9 heteroatoms. The van der Waals surface area contributed by atoms with Crippen molar-refractivity contribution in [3.63, 3.8) is 0 Å². The molecular formula is C25H32F2N4O3. The Labute approximate surface area is 198 Å². The van der Waals surface area contributed by atoms with Crippen molar-refractivity contribution in [2.24, 2.45) is 0 Å². The number of alkyl halides is 1. The Morgan fingerprint density at radius 2 is 1.97 bits per heavy atom. The minimum Gasteiger partial charge on any atom is -0.428 e. The lowest BCUT2D eigenvalue weighted by Crippen LogP contribution is -2.61. The van der Waals surface area contributed by atoms with Crippen molar-refractivity contribution in [1.82, 2.24) is 4.98 Å². The van der Waals surface area contributed by atoms with Crippen LogP contribution in [0.3, 0.4) is 0 Å². The predicted octanol–water partition coefficient (Wildman–Crippen LogP) is 4.63. The molecule has 0 radical (unpaired) electrons. The zero-order valence-corrected chi connectivity index (χ0v) is 20.0. The lowest BCUT2D eigenvalue weighted by Gasteiger charge is -2.45. The molecule has 0 saturated carbocycles. The molecule has 3 aliphatic rings. The maximum absolute atomic E-state index is 15.3. The zero-order valence-electron chi connectivity index (χ0n) is 20.0. The van der Waals surface area contributed by atoms with Gasteiger partial charge in [-0.05, 0) is 63.6 Å². The minimum atomic E-state index is -0.675. The summed E-state index contributed by atoms with van der Waals surface area (Å²) in [4.78, 5) is 21.5. The van der Waals surface area contributed by atoms with Gasteiger partial charge in [-0.1, -0.05) is 0 Å². The fraction of sp³-hybridized carbons (Fsp3) is 0.600. The molecule has 5 rings (SSSR count). The average Bonchev–Trinajstić information content (AvgIpc) is 3.28. The summed E-state index contributed by atoms with van der Waals surface area (Å²) in [5.74, 6) is -0.698. The Morgan fingerprint density at radius 1 is 1.26 bits per heavy atom. The number of ether oxygens (including phenoxy) is 1. The number of halogens is 2. The van der Waals surface area contributed by atoms with Crippen molar-refractivity contribution in [2.45, 2.75) is 70.1 Å². The van der Waals surface area contributed by atoms with Crippen LogP contribution in [0.2, 0.25) is 0 Å². The molecule has 3 aliphatic heterocycles. The second-order valence-corrected chi connectivity index (χ2v) is 10.0. The van der Waals surface area contributed by atoms with E-state index in [9.17, 15) is 9.18 Å². The second-order valence-electron chi connectivity index (χ2n) is 10.0. The molecule has 184 valence electrons. The predicted molar refractivity (Wildman–Crippen MR) is 126 cm³/mol. The van der Waals surface area contributed by atoms with Gasteiger partial charge < -0.3 is 24.3 Å². The summed E-state index contributed by atoms with van der Waals surface area (Å²) in [6.45, 7) is 4.29. The van der Waals surface area contributed by atoms with Gasteiger partial charge in [0.05, 0.1) is 25.5 Å². The quantitative estimate of drug-likeness (QED) is 0.631. The molecule has 2 atom stereocenters. The molecule has 3 saturated heterocycles. The van der Waals surface area contributed by atoms with Crippen molar-refractivity contribution < 1.29 is 22.7 Å². The normalized spacial score (nSPS) is 23.2. The highest BCUT2D eigenvalue weighted by atomic mass is 19.1. The first-order valence-corrected chi connectivity index (χ1v) is 12.1. The third-order valence-electron chi connectivity index (χ3n) is 7.50. The summed E-state index contributed by atoms with van der Waals surface area (Å²) in [5, 5.41) is 2.74. The number of aryl methyl sites for hydroxylation is 2. The van der Waals surface area contributed by atoms with Crippen molar-refractivity contribution in [3.05, 3.63) is 35.0 Å². The largest absolute Gasteiger partial charge is 0.428 e. The number of piperidine rings is 1. The van der Waals surface area contributed by atoms with Crippen LogP contribution in [0.5, 0.6) is 0 Å². The smallest absolute Gasteiger partial charge is 0.298 e. The number of oxazole rings is 1. The number of hydrogen-bond acceptors (Lipinski definition) is 6. The molecular weight excluding hydrogens is 442 g/mol. The van der Waals surface area contributed by atoms with Crippen LogP contribution in [0, 0.1) is 12.7 Å². The number of methoxy groups -OCH3 is 1. The van der Waals surface area contributed by atoms with Crippen LogP contribution >= 0.6 is 0 Å². The summed E-state index contributed by atoms with van der Waals surface area (Å²) in [5.41, 5.74) is 1.50. The maximum atomic E-state index is 15.3. The van der Waals surface area contributed by atoms with Crippen molar-refractivity contribution in [1.29, 1.82) is 0 Å². The molecule has 4 heterocycles. The molecule has 2 unspecified atom stereocenters. The first kappa shape index (κ1) is 23.1. The Morgan fingerprint density at radius 3 is 2.59 bits per heavy atom. The molecule has 2 aromatic rings. The molecule has 0 aliphatic carbocycles. The van der Waals surface area contributed by atoms with E-state index in [0.29, 0.717) is 36.5 Å². The number of aromatic nitrogens is 1. The van der Waals surface area contributed by atoms with Crippen LogP contribution in [-0.2, 0) is 11.2 Å². The molecule has 34 heavy (non-hydrogen) atoms. The van der Waals surface area contributed by atoms with E-state index in [1.54, 1.807) is 13.2 Å². The summed E-state index contributed by atoms with van der Waals surface area (Å²) in [6, 6.07) is 4.21. The van der Waals surface area contributed by atoms with E-state index in [4.69, 9.17) is 9.15 Å². The zero-order chi connectivity index (χ0) is 24.0. The number of carbonyl (C=O) groups excluding carboxylic acids is 1. The van der Waals surface area contributed by atoms with Gasteiger partial charge in [0.25, 0.3) is 11.9 Å². The average molecular weight is 475 g/mol. The van der Waals surface area contributed by atoms with E-state index >= 15 is 4.39 Å². The molecule has 7 nitrogen and oxygen atoms in total. The van der Waals surface area contributed by atoms with E-state index < -0.39 is 12.6 Å². The van der Waals surface area contributed by atoms with Gasteiger partial charge in [-0.25, -0.2) is 4.39 Å². The van der Waals surface area contributed by atoms with Gasteiger partial charge >= 0.3 is 0 Å². The number of anilines is 3. The van der Waals surface area contributed by atoms with Crippen molar-refractivity contribution in [2.75, 3.05) is 42.0 Å². The van der Waals surface area contributed by atoms with Crippen LogP contribution in [0.4, 0.5) is 26.2 Å². The Balaban J connectivity index is 1.35. The monoisotopic (exact) mass is 474 g/mol. The second kappa shape index (κ2) is 8.83. The molecule has 1 amide bonds. The van der Waals surface area contributed by atoms with Crippen LogP contribution < -0.4 is 15.1 Å². The Kier molecular flexibility index (Phi) is 6.00. The van der Waals surface area contributed by atoms with Crippen LogP contribution in [0.25, 0.3) is 0 Å². The number of nitrogens with zero attached hydrogens (tertiary/aromatic N) is 3. The fourth-order valence-corrected chi connectivity index (χ4v) is 5.74. The summed E-state index contributed by atoms with van der Waals surface area (Å²) in [6.07, 6.45) is 5.54. The number of benzene rings is 1. The van der Waals surface area contributed by atoms with Crippen molar-refractivity contribution in [3.8, 4) is 0 Å². The lowest BCUT2D eigenvalue weighted by atomic mass is 9.97. The van der Waals surface area contributed by atoms with Gasteiger partial charge in [0, 0.05) is 31.3 Å². The highest BCUT2D eigenvalue weighted by molar-refractivity contribution is 6.04. The molecule has 2 bridgehead atoms. The third-order valence-corrected chi connectivity index (χ3v) is 7.50. The molecule has 1 N–H and O–H groups in total. The summed E-state index contributed by atoms with van der Waals surface area (Å²) < 4.78 is 39.6. The van der Waals surface area contributed by atoms with Gasteiger partial charge in [-0.15, -0.1) is 0 Å². The number of nitrogens with one attached hydrogen (secondary N) is 1. The molecule has 1 aromatic carbocycles. The van der Waals surface area contributed by atoms with E-state index in [1.807, 2.05) is 18.7 Å². The Hall–Kier alpha value is -2.68. The number of fused-ring (bicyclic) bond motifs is 2.